The van der Waals surface area contributed by atoms with Crippen molar-refractivity contribution < 1.29 is 0 Å². The van der Waals surface area contributed by atoms with E-state index in [2.05, 4.69) is 15.1 Å². The second kappa shape index (κ2) is 3.34. The Kier molecular flexibility index (Phi) is 2.09. The third-order valence-electron chi connectivity index (χ3n) is 3.72. The smallest absolute Gasteiger partial charge is 0.153 e. The van der Waals surface area contributed by atoms with Crippen molar-refractivity contribution in [2.45, 2.75) is 32.2 Å². The summed E-state index contributed by atoms with van der Waals surface area (Å²) in [6.45, 7) is 3.00. The van der Waals surface area contributed by atoms with Gasteiger partial charge in [0.15, 0.2) is 5.82 Å². The molecule has 1 aliphatic carbocycles. The number of hydrogen-bond donors (Lipinski definition) is 0. The van der Waals surface area contributed by atoms with E-state index in [0.717, 1.165) is 29.0 Å². The van der Waals surface area contributed by atoms with Gasteiger partial charge in [-0.2, -0.15) is 5.10 Å². The zero-order valence-corrected chi connectivity index (χ0v) is 9.54. The predicted octanol–water partition coefficient (Wildman–Crippen LogP) is 2.43. The third kappa shape index (κ3) is 1.41. The van der Waals surface area contributed by atoms with Crippen LogP contribution in [-0.4, -0.2) is 22.8 Å². The van der Waals surface area contributed by atoms with Crippen LogP contribution in [0.25, 0.3) is 0 Å². The molecular formula is C11H14ClN3. The average Bonchev–Trinajstić information content (AvgIpc) is 2.46. The minimum absolute atomic E-state index is 0.707. The minimum Gasteiger partial charge on any atom is -0.352 e. The molecule has 0 amide bonds. The summed E-state index contributed by atoms with van der Waals surface area (Å²) in [6, 6.07) is 2.66. The highest BCUT2D eigenvalue weighted by Gasteiger charge is 2.41. The molecule has 0 bridgehead atoms. The molecule has 0 unspecified atom stereocenters. The van der Waals surface area contributed by atoms with Gasteiger partial charge in [-0.3, -0.25) is 0 Å². The second-order valence-corrected chi connectivity index (χ2v) is 4.93. The Morgan fingerprint density at radius 1 is 1.33 bits per heavy atom. The first-order valence-electron chi connectivity index (χ1n) is 5.52. The van der Waals surface area contributed by atoms with Gasteiger partial charge >= 0.3 is 0 Å². The number of rotatable bonds is 1. The van der Waals surface area contributed by atoms with Gasteiger partial charge in [-0.1, -0.05) is 11.6 Å². The highest BCUT2D eigenvalue weighted by atomic mass is 35.5. The van der Waals surface area contributed by atoms with Crippen LogP contribution in [-0.2, 0) is 0 Å². The molecule has 1 aromatic rings. The van der Waals surface area contributed by atoms with E-state index >= 15 is 0 Å². The molecule has 1 aliphatic heterocycles. The normalized spacial score (nSPS) is 28.8. The van der Waals surface area contributed by atoms with E-state index in [0.29, 0.717) is 6.04 Å². The molecule has 0 aromatic carbocycles. The number of fused-ring (bicyclic) bond motifs is 1. The topological polar surface area (TPSA) is 29.0 Å². The summed E-state index contributed by atoms with van der Waals surface area (Å²) in [6.07, 6.45) is 3.99. The summed E-state index contributed by atoms with van der Waals surface area (Å²) in [5.74, 6) is 1.85. The van der Waals surface area contributed by atoms with Crippen LogP contribution in [0.2, 0.25) is 5.02 Å². The molecule has 1 saturated heterocycles. The lowest BCUT2D eigenvalue weighted by Gasteiger charge is -2.36. The van der Waals surface area contributed by atoms with Gasteiger partial charge in [-0.15, -0.1) is 5.10 Å². The van der Waals surface area contributed by atoms with Gasteiger partial charge in [-0.25, -0.2) is 0 Å². The van der Waals surface area contributed by atoms with Gasteiger partial charge in [0.1, 0.15) is 0 Å². The Balaban J connectivity index is 1.89. The maximum Gasteiger partial charge on any atom is 0.153 e. The number of nitrogens with zero attached hydrogens (tertiary/aromatic N) is 3. The monoisotopic (exact) mass is 223 g/mol. The number of anilines is 1. The standard InChI is InChI=1S/C11H14ClN3/c1-7-9(12)6-11(14-13-7)15-5-4-8-2-3-10(8)15/h6,8,10H,2-5H2,1H3/t8-,10-/m0/s1. The van der Waals surface area contributed by atoms with Crippen LogP contribution in [0.5, 0.6) is 0 Å². The fourth-order valence-electron chi connectivity index (χ4n) is 2.61. The Labute approximate surface area is 94.4 Å². The maximum absolute atomic E-state index is 6.07. The molecule has 2 fully saturated rings. The highest BCUT2D eigenvalue weighted by molar-refractivity contribution is 6.31. The summed E-state index contributed by atoms with van der Waals surface area (Å²) in [4.78, 5) is 2.37. The lowest BCUT2D eigenvalue weighted by atomic mass is 9.80. The van der Waals surface area contributed by atoms with Crippen molar-refractivity contribution >= 4 is 17.4 Å². The maximum atomic E-state index is 6.07. The Morgan fingerprint density at radius 3 is 2.80 bits per heavy atom. The van der Waals surface area contributed by atoms with Crippen molar-refractivity contribution in [2.75, 3.05) is 11.4 Å². The van der Waals surface area contributed by atoms with Gasteiger partial charge in [0.2, 0.25) is 0 Å². The predicted molar refractivity (Wildman–Crippen MR) is 60.3 cm³/mol. The molecule has 0 radical (unpaired) electrons. The first-order chi connectivity index (χ1) is 7.25. The first kappa shape index (κ1) is 9.40. The van der Waals surface area contributed by atoms with Gasteiger partial charge in [0.25, 0.3) is 0 Å². The quantitative estimate of drug-likeness (QED) is 0.732. The molecule has 3 nitrogen and oxygen atoms in total. The molecule has 0 N–H and O–H groups in total. The van der Waals surface area contributed by atoms with Crippen LogP contribution in [0.4, 0.5) is 5.82 Å². The van der Waals surface area contributed by atoms with E-state index in [1.807, 2.05) is 13.0 Å². The molecule has 2 heterocycles. The summed E-state index contributed by atoms with van der Waals surface area (Å²) in [7, 11) is 0. The Hall–Kier alpha value is -0.830. The van der Waals surface area contributed by atoms with E-state index in [9.17, 15) is 0 Å². The van der Waals surface area contributed by atoms with Crippen LogP contribution < -0.4 is 4.90 Å². The molecular weight excluding hydrogens is 210 g/mol. The molecule has 3 rings (SSSR count). The molecule has 15 heavy (non-hydrogen) atoms. The van der Waals surface area contributed by atoms with Gasteiger partial charge in [0.05, 0.1) is 10.7 Å². The summed E-state index contributed by atoms with van der Waals surface area (Å²) < 4.78 is 0. The molecule has 0 spiro atoms. The van der Waals surface area contributed by atoms with Crippen LogP contribution in [0.1, 0.15) is 25.0 Å². The van der Waals surface area contributed by atoms with Crippen LogP contribution >= 0.6 is 11.6 Å². The van der Waals surface area contributed by atoms with E-state index in [1.165, 1.54) is 19.3 Å². The van der Waals surface area contributed by atoms with E-state index < -0.39 is 0 Å². The SMILES string of the molecule is Cc1nnc(N2CC[C@@H]3CC[C@@H]32)cc1Cl. The summed E-state index contributed by atoms with van der Waals surface area (Å²) in [5, 5.41) is 9.04. The molecule has 2 aliphatic rings. The van der Waals surface area contributed by atoms with Crippen molar-refractivity contribution in [3.05, 3.63) is 16.8 Å². The zero-order valence-electron chi connectivity index (χ0n) is 8.78. The van der Waals surface area contributed by atoms with E-state index in [-0.39, 0.29) is 0 Å². The van der Waals surface area contributed by atoms with Crippen LogP contribution in [0.15, 0.2) is 6.07 Å². The minimum atomic E-state index is 0.707. The second-order valence-electron chi connectivity index (χ2n) is 4.52. The number of aryl methyl sites for hydroxylation is 1. The van der Waals surface area contributed by atoms with Crippen molar-refractivity contribution in [3.63, 3.8) is 0 Å². The number of aromatic nitrogens is 2. The van der Waals surface area contributed by atoms with Crippen molar-refractivity contribution in [1.29, 1.82) is 0 Å². The zero-order chi connectivity index (χ0) is 10.4. The number of hydrogen-bond acceptors (Lipinski definition) is 3. The lowest BCUT2D eigenvalue weighted by Crippen LogP contribution is -2.39. The fraction of sp³-hybridized carbons (Fsp3) is 0.636. The molecule has 1 saturated carbocycles. The summed E-state index contributed by atoms with van der Waals surface area (Å²) >= 11 is 6.07. The fourth-order valence-corrected chi connectivity index (χ4v) is 2.75. The largest absolute Gasteiger partial charge is 0.352 e. The Bertz CT molecular complexity index is 393. The highest BCUT2D eigenvalue weighted by Crippen LogP contribution is 2.42. The van der Waals surface area contributed by atoms with E-state index in [1.54, 1.807) is 0 Å². The van der Waals surface area contributed by atoms with Crippen LogP contribution in [0, 0.1) is 12.8 Å². The van der Waals surface area contributed by atoms with Gasteiger partial charge in [-0.05, 0) is 32.1 Å². The van der Waals surface area contributed by atoms with E-state index in [4.69, 9.17) is 11.6 Å². The molecule has 4 heteroatoms. The number of halogens is 1. The van der Waals surface area contributed by atoms with Crippen molar-refractivity contribution in [2.24, 2.45) is 5.92 Å². The summed E-state index contributed by atoms with van der Waals surface area (Å²) in [5.41, 5.74) is 0.810. The van der Waals surface area contributed by atoms with Gasteiger partial charge in [0, 0.05) is 18.7 Å². The average molecular weight is 224 g/mol. The third-order valence-corrected chi connectivity index (χ3v) is 4.10. The van der Waals surface area contributed by atoms with Crippen LogP contribution in [0.3, 0.4) is 0 Å². The first-order valence-corrected chi connectivity index (χ1v) is 5.90. The van der Waals surface area contributed by atoms with Crippen molar-refractivity contribution in [1.82, 2.24) is 10.2 Å². The molecule has 2 atom stereocenters. The van der Waals surface area contributed by atoms with Crippen molar-refractivity contribution in [3.8, 4) is 0 Å². The Morgan fingerprint density at radius 2 is 2.20 bits per heavy atom. The van der Waals surface area contributed by atoms with Gasteiger partial charge < -0.3 is 4.90 Å². The molecule has 80 valence electrons. The molecule has 1 aromatic heterocycles. The lowest BCUT2D eigenvalue weighted by molar-refractivity contribution is 0.294.